The molecule has 2 fully saturated rings. The Bertz CT molecular complexity index is 518. The minimum absolute atomic E-state index is 0.0764. The highest BCUT2D eigenvalue weighted by Gasteiger charge is 2.30. The molecule has 0 aromatic heterocycles. The molecule has 24 heavy (non-hydrogen) atoms. The summed E-state index contributed by atoms with van der Waals surface area (Å²) in [6.07, 6.45) is 6.96. The zero-order valence-corrected chi connectivity index (χ0v) is 15.3. The van der Waals surface area contributed by atoms with Gasteiger partial charge in [-0.25, -0.2) is 0 Å². The van der Waals surface area contributed by atoms with Gasteiger partial charge in [0, 0.05) is 45.9 Å². The van der Waals surface area contributed by atoms with Crippen molar-refractivity contribution in [1.82, 2.24) is 9.80 Å². The van der Waals surface area contributed by atoms with Crippen LogP contribution < -0.4 is 0 Å². The van der Waals surface area contributed by atoms with Gasteiger partial charge in [-0.2, -0.15) is 0 Å². The lowest BCUT2D eigenvalue weighted by molar-refractivity contribution is -0.0780. The number of rotatable bonds is 5. The quantitative estimate of drug-likeness (QED) is 0.822. The van der Waals surface area contributed by atoms with Crippen molar-refractivity contribution < 1.29 is 4.74 Å². The Balaban J connectivity index is 1.37. The first-order chi connectivity index (χ1) is 11.6. The zero-order chi connectivity index (χ0) is 16.8. The van der Waals surface area contributed by atoms with E-state index in [-0.39, 0.29) is 5.60 Å². The summed E-state index contributed by atoms with van der Waals surface area (Å²) < 4.78 is 5.85. The first-order valence-corrected chi connectivity index (χ1v) is 9.41. The van der Waals surface area contributed by atoms with Crippen LogP contribution in [0.3, 0.4) is 0 Å². The van der Waals surface area contributed by atoms with Gasteiger partial charge in [0.15, 0.2) is 0 Å². The molecule has 2 aliphatic rings. The van der Waals surface area contributed by atoms with E-state index in [1.54, 1.807) is 0 Å². The summed E-state index contributed by atoms with van der Waals surface area (Å²) in [6.45, 7) is 12.5. The molecule has 3 rings (SSSR count). The SMILES string of the molecule is CC1(C)CC(CN2CCN(CC=Cc3ccccc3)CC2)CCO1. The molecule has 0 saturated carbocycles. The molecular weight excluding hydrogens is 296 g/mol. The van der Waals surface area contributed by atoms with Gasteiger partial charge in [0.25, 0.3) is 0 Å². The first-order valence-electron chi connectivity index (χ1n) is 9.41. The van der Waals surface area contributed by atoms with Crippen LogP contribution >= 0.6 is 0 Å². The van der Waals surface area contributed by atoms with Crippen LogP contribution in [0.25, 0.3) is 6.08 Å². The van der Waals surface area contributed by atoms with E-state index >= 15 is 0 Å². The maximum atomic E-state index is 5.85. The molecule has 2 aliphatic heterocycles. The van der Waals surface area contributed by atoms with Crippen molar-refractivity contribution in [1.29, 1.82) is 0 Å². The average Bonchev–Trinajstić information content (AvgIpc) is 2.57. The topological polar surface area (TPSA) is 15.7 Å². The number of piperazine rings is 1. The van der Waals surface area contributed by atoms with Crippen LogP contribution in [0.2, 0.25) is 0 Å². The number of ether oxygens (including phenoxy) is 1. The van der Waals surface area contributed by atoms with E-state index in [0.717, 1.165) is 19.1 Å². The van der Waals surface area contributed by atoms with Gasteiger partial charge < -0.3 is 9.64 Å². The maximum Gasteiger partial charge on any atom is 0.0629 e. The Morgan fingerprint density at radius 2 is 1.79 bits per heavy atom. The Kier molecular flexibility index (Phi) is 6.09. The standard InChI is InChI=1S/C21H32N2O/c1-21(2)17-20(10-16-24-21)18-23-14-12-22(13-15-23)11-6-9-19-7-4-3-5-8-19/h3-9,20H,10-18H2,1-2H3. The molecule has 2 heterocycles. The van der Waals surface area contributed by atoms with Crippen molar-refractivity contribution in [2.75, 3.05) is 45.9 Å². The first kappa shape index (κ1) is 17.7. The predicted molar refractivity (Wildman–Crippen MR) is 101 cm³/mol. The second-order valence-electron chi connectivity index (χ2n) is 7.88. The third-order valence-electron chi connectivity index (χ3n) is 5.25. The summed E-state index contributed by atoms with van der Waals surface area (Å²) in [7, 11) is 0. The average molecular weight is 329 g/mol. The number of hydrogen-bond donors (Lipinski definition) is 0. The summed E-state index contributed by atoms with van der Waals surface area (Å²) in [5, 5.41) is 0. The molecule has 1 atom stereocenters. The normalized spacial score (nSPS) is 26.0. The molecule has 1 aromatic rings. The summed E-state index contributed by atoms with van der Waals surface area (Å²) in [6, 6.07) is 10.6. The highest BCUT2D eigenvalue weighted by Crippen LogP contribution is 2.29. The Morgan fingerprint density at radius 1 is 1.08 bits per heavy atom. The lowest BCUT2D eigenvalue weighted by Crippen LogP contribution is -2.49. The van der Waals surface area contributed by atoms with Gasteiger partial charge in [0.05, 0.1) is 5.60 Å². The minimum Gasteiger partial charge on any atom is -0.376 e. The molecule has 132 valence electrons. The van der Waals surface area contributed by atoms with E-state index in [0.29, 0.717) is 0 Å². The van der Waals surface area contributed by atoms with Crippen molar-refractivity contribution in [3.63, 3.8) is 0 Å². The van der Waals surface area contributed by atoms with E-state index < -0.39 is 0 Å². The largest absolute Gasteiger partial charge is 0.376 e. The lowest BCUT2D eigenvalue weighted by atomic mass is 9.88. The highest BCUT2D eigenvalue weighted by molar-refractivity contribution is 5.48. The van der Waals surface area contributed by atoms with Crippen LogP contribution in [0.1, 0.15) is 32.3 Å². The molecular formula is C21H32N2O. The van der Waals surface area contributed by atoms with Crippen LogP contribution in [0.5, 0.6) is 0 Å². The van der Waals surface area contributed by atoms with Crippen LogP contribution in [0.4, 0.5) is 0 Å². The Labute approximate surface area is 147 Å². The molecule has 1 aromatic carbocycles. The molecule has 0 amide bonds. The molecule has 0 bridgehead atoms. The monoisotopic (exact) mass is 328 g/mol. The van der Waals surface area contributed by atoms with Gasteiger partial charge >= 0.3 is 0 Å². The molecule has 2 saturated heterocycles. The fourth-order valence-electron chi connectivity index (χ4n) is 3.94. The summed E-state index contributed by atoms with van der Waals surface area (Å²) in [5.41, 5.74) is 1.37. The van der Waals surface area contributed by atoms with E-state index in [4.69, 9.17) is 4.74 Å². The van der Waals surface area contributed by atoms with Crippen molar-refractivity contribution in [2.24, 2.45) is 5.92 Å². The van der Waals surface area contributed by atoms with E-state index in [1.807, 2.05) is 0 Å². The Hall–Kier alpha value is -1.16. The number of hydrogen-bond acceptors (Lipinski definition) is 3. The van der Waals surface area contributed by atoms with Gasteiger partial charge in [0.2, 0.25) is 0 Å². The summed E-state index contributed by atoms with van der Waals surface area (Å²) >= 11 is 0. The third-order valence-corrected chi connectivity index (χ3v) is 5.25. The molecule has 0 spiro atoms. The number of nitrogens with zero attached hydrogens (tertiary/aromatic N) is 2. The van der Waals surface area contributed by atoms with Crippen LogP contribution in [-0.4, -0.2) is 61.3 Å². The van der Waals surface area contributed by atoms with Gasteiger partial charge in [-0.1, -0.05) is 42.5 Å². The highest BCUT2D eigenvalue weighted by atomic mass is 16.5. The number of benzene rings is 1. The van der Waals surface area contributed by atoms with E-state index in [1.165, 1.54) is 51.1 Å². The van der Waals surface area contributed by atoms with Crippen LogP contribution in [0, 0.1) is 5.92 Å². The van der Waals surface area contributed by atoms with Gasteiger partial charge in [-0.15, -0.1) is 0 Å². The summed E-state index contributed by atoms with van der Waals surface area (Å²) in [5.74, 6) is 0.804. The van der Waals surface area contributed by atoms with Crippen molar-refractivity contribution in [2.45, 2.75) is 32.3 Å². The second-order valence-corrected chi connectivity index (χ2v) is 7.88. The fourth-order valence-corrected chi connectivity index (χ4v) is 3.94. The summed E-state index contributed by atoms with van der Waals surface area (Å²) in [4.78, 5) is 5.22. The van der Waals surface area contributed by atoms with Crippen LogP contribution in [-0.2, 0) is 4.74 Å². The molecule has 0 radical (unpaired) electrons. The van der Waals surface area contributed by atoms with Crippen LogP contribution in [0.15, 0.2) is 36.4 Å². The maximum absolute atomic E-state index is 5.85. The molecule has 0 N–H and O–H groups in total. The van der Waals surface area contributed by atoms with Gasteiger partial charge in [0.1, 0.15) is 0 Å². The second kappa shape index (κ2) is 8.28. The molecule has 0 aliphatic carbocycles. The van der Waals surface area contributed by atoms with E-state index in [9.17, 15) is 0 Å². The zero-order valence-electron chi connectivity index (χ0n) is 15.3. The Morgan fingerprint density at radius 3 is 2.50 bits per heavy atom. The molecule has 1 unspecified atom stereocenters. The van der Waals surface area contributed by atoms with E-state index in [2.05, 4.69) is 66.1 Å². The minimum atomic E-state index is 0.0764. The van der Waals surface area contributed by atoms with Crippen molar-refractivity contribution in [3.05, 3.63) is 42.0 Å². The fraction of sp³-hybridized carbons (Fsp3) is 0.619. The predicted octanol–water partition coefficient (Wildman–Crippen LogP) is 3.52. The third kappa shape index (κ3) is 5.44. The molecule has 3 heteroatoms. The van der Waals surface area contributed by atoms with Gasteiger partial charge in [-0.05, 0) is 38.2 Å². The van der Waals surface area contributed by atoms with Gasteiger partial charge in [-0.3, -0.25) is 4.90 Å². The molecule has 3 nitrogen and oxygen atoms in total. The van der Waals surface area contributed by atoms with Crippen molar-refractivity contribution in [3.8, 4) is 0 Å². The van der Waals surface area contributed by atoms with Crippen molar-refractivity contribution >= 4 is 6.08 Å². The smallest absolute Gasteiger partial charge is 0.0629 e. The lowest BCUT2D eigenvalue weighted by Gasteiger charge is -2.40.